The maximum absolute atomic E-state index is 14.3. The third-order valence-corrected chi connectivity index (χ3v) is 8.03. The first kappa shape index (κ1) is 28.9. The van der Waals surface area contributed by atoms with E-state index in [1.54, 1.807) is 62.4 Å². The molecule has 214 valence electrons. The molecule has 1 aliphatic heterocycles. The maximum Gasteiger partial charge on any atom is 0.334 e. The smallest absolute Gasteiger partial charge is 0.334 e. The second-order valence-corrected chi connectivity index (χ2v) is 10.7. The van der Waals surface area contributed by atoms with Gasteiger partial charge < -0.3 is 10.2 Å². The zero-order chi connectivity index (χ0) is 29.8. The Morgan fingerprint density at radius 1 is 0.548 bits per heavy atom. The van der Waals surface area contributed by atoms with Crippen molar-refractivity contribution in [2.45, 2.75) is 38.1 Å². The van der Waals surface area contributed by atoms with Crippen LogP contribution in [-0.2, 0) is 9.59 Å². The van der Waals surface area contributed by atoms with Crippen LogP contribution in [0.5, 0.6) is 0 Å². The lowest BCUT2D eigenvalue weighted by Crippen LogP contribution is -2.44. The second-order valence-electron chi connectivity index (χ2n) is 10.7. The minimum Gasteiger partial charge on any atom is -0.388 e. The van der Waals surface area contributed by atoms with Gasteiger partial charge in [0, 0.05) is 0 Å². The Bertz CT molecular complexity index is 1400. The van der Waals surface area contributed by atoms with E-state index in [0.29, 0.717) is 22.3 Å². The fourth-order valence-electron chi connectivity index (χ4n) is 5.65. The number of imide groups is 2. The van der Waals surface area contributed by atoms with Crippen molar-refractivity contribution in [1.29, 1.82) is 0 Å². The van der Waals surface area contributed by atoms with Crippen LogP contribution in [0, 0.1) is 11.8 Å². The summed E-state index contributed by atoms with van der Waals surface area (Å²) in [5.74, 6) is -3.17. The predicted molar refractivity (Wildman–Crippen MR) is 159 cm³/mol. The number of nitrogens with zero attached hydrogens (tertiary/aromatic N) is 2. The summed E-state index contributed by atoms with van der Waals surface area (Å²) in [7, 11) is 0. The molecule has 2 N–H and O–H groups in total. The molecule has 42 heavy (non-hydrogen) atoms. The molecule has 5 rings (SSSR count). The lowest BCUT2D eigenvalue weighted by Gasteiger charge is -2.30. The van der Waals surface area contributed by atoms with Gasteiger partial charge in [-0.05, 0) is 22.3 Å². The fourth-order valence-corrected chi connectivity index (χ4v) is 5.65. The van der Waals surface area contributed by atoms with E-state index in [1.807, 2.05) is 72.8 Å². The summed E-state index contributed by atoms with van der Waals surface area (Å²) in [6.07, 6.45) is -2.33. The van der Waals surface area contributed by atoms with Crippen LogP contribution >= 0.6 is 0 Å². The van der Waals surface area contributed by atoms with E-state index in [-0.39, 0.29) is 0 Å². The largest absolute Gasteiger partial charge is 0.388 e. The molecule has 4 amide bonds. The van der Waals surface area contributed by atoms with Crippen molar-refractivity contribution in [2.75, 3.05) is 0 Å². The van der Waals surface area contributed by atoms with Gasteiger partial charge in [0.2, 0.25) is 11.8 Å². The Hall–Kier alpha value is -4.59. The van der Waals surface area contributed by atoms with Crippen LogP contribution in [0.2, 0.25) is 0 Å². The Morgan fingerprint density at radius 3 is 1.14 bits per heavy atom. The number of amides is 4. The number of urea groups is 1. The molecule has 0 bridgehead atoms. The Labute approximate surface area is 245 Å². The first-order valence-corrected chi connectivity index (χ1v) is 14.1. The number of benzene rings is 4. The van der Waals surface area contributed by atoms with Crippen LogP contribution in [0.3, 0.4) is 0 Å². The molecule has 0 spiro atoms. The van der Waals surface area contributed by atoms with Crippen molar-refractivity contribution >= 4 is 17.8 Å². The minimum atomic E-state index is -1.17. The van der Waals surface area contributed by atoms with E-state index in [2.05, 4.69) is 0 Å². The Morgan fingerprint density at radius 2 is 0.833 bits per heavy atom. The normalized spacial score (nSPS) is 19.7. The first-order valence-electron chi connectivity index (χ1n) is 14.1. The summed E-state index contributed by atoms with van der Waals surface area (Å²) in [4.78, 5) is 44.9. The van der Waals surface area contributed by atoms with E-state index < -0.39 is 54.0 Å². The predicted octanol–water partition coefficient (Wildman–Crippen LogP) is 6.00. The highest BCUT2D eigenvalue weighted by molar-refractivity contribution is 6.06. The molecule has 2 unspecified atom stereocenters. The summed E-state index contributed by atoms with van der Waals surface area (Å²) in [5.41, 5.74) is 2.43. The molecule has 0 radical (unpaired) electrons. The highest BCUT2D eigenvalue weighted by atomic mass is 16.3. The number of aliphatic hydroxyl groups excluding tert-OH is 2. The summed E-state index contributed by atoms with van der Waals surface area (Å²) >= 11 is 0. The zero-order valence-corrected chi connectivity index (χ0v) is 23.5. The van der Waals surface area contributed by atoms with Crippen molar-refractivity contribution in [3.63, 3.8) is 0 Å². The van der Waals surface area contributed by atoms with Gasteiger partial charge in [-0.3, -0.25) is 19.4 Å². The van der Waals surface area contributed by atoms with E-state index in [1.165, 1.54) is 0 Å². The van der Waals surface area contributed by atoms with Crippen molar-refractivity contribution in [1.82, 2.24) is 9.80 Å². The molecule has 0 aromatic heterocycles. The van der Waals surface area contributed by atoms with E-state index in [9.17, 15) is 24.6 Å². The van der Waals surface area contributed by atoms with Crippen molar-refractivity contribution < 1.29 is 24.6 Å². The van der Waals surface area contributed by atoms with Gasteiger partial charge in [-0.25, -0.2) is 4.79 Å². The van der Waals surface area contributed by atoms with E-state index in [0.717, 1.165) is 9.80 Å². The highest BCUT2D eigenvalue weighted by Crippen LogP contribution is 2.47. The van der Waals surface area contributed by atoms with Crippen LogP contribution in [-0.4, -0.2) is 37.9 Å². The van der Waals surface area contributed by atoms with Gasteiger partial charge in [-0.15, -0.1) is 0 Å². The molecule has 1 heterocycles. The van der Waals surface area contributed by atoms with Gasteiger partial charge in [0.15, 0.2) is 0 Å². The molecule has 1 fully saturated rings. The topological polar surface area (TPSA) is 98.2 Å². The molecule has 4 aromatic carbocycles. The summed E-state index contributed by atoms with van der Waals surface area (Å²) < 4.78 is 0. The summed E-state index contributed by atoms with van der Waals surface area (Å²) in [6, 6.07) is 33.4. The van der Waals surface area contributed by atoms with Crippen LogP contribution in [0.4, 0.5) is 4.79 Å². The number of hydrogen-bond donors (Lipinski definition) is 2. The number of carbonyl (C=O) groups is 3. The average Bonchev–Trinajstić information content (AvgIpc) is 3.36. The number of hydrogen-bond acceptors (Lipinski definition) is 5. The summed E-state index contributed by atoms with van der Waals surface area (Å²) in [5, 5.41) is 22.3. The first-order chi connectivity index (χ1) is 20.3. The minimum absolute atomic E-state index is 0.549. The monoisotopic (exact) mass is 562 g/mol. The molecule has 6 atom stereocenters. The van der Waals surface area contributed by atoms with Crippen LogP contribution in [0.1, 0.15) is 60.4 Å². The van der Waals surface area contributed by atoms with Crippen LogP contribution in [0.25, 0.3) is 0 Å². The second kappa shape index (κ2) is 12.5. The molecule has 1 saturated heterocycles. The molecular weight excluding hydrogens is 528 g/mol. The number of rotatable bonds is 8. The molecule has 1 aliphatic rings. The van der Waals surface area contributed by atoms with Gasteiger partial charge in [-0.2, -0.15) is 0 Å². The van der Waals surface area contributed by atoms with E-state index >= 15 is 0 Å². The average molecular weight is 563 g/mol. The Kier molecular flexibility index (Phi) is 8.61. The van der Waals surface area contributed by atoms with Gasteiger partial charge in [-0.1, -0.05) is 135 Å². The standard InChI is InChI=1S/C35H34N2O5/c1-23(31(38)27-19-11-5-12-20-27)33(40)36-29(25-15-7-3-8-16-25)30(26-17-9-4-10-18-26)37(35(36)42)34(41)24(2)32(39)28-21-13-6-14-22-28/h3-24,29-32,38-39H,1-2H3/t23-,24?,29-,30-,31?,32-/m1/s1. The lowest BCUT2D eigenvalue weighted by molar-refractivity contribution is -0.137. The summed E-state index contributed by atoms with van der Waals surface area (Å²) in [6.45, 7) is 3.16. The maximum atomic E-state index is 14.3. The third-order valence-electron chi connectivity index (χ3n) is 8.03. The van der Waals surface area contributed by atoms with Gasteiger partial charge in [0.1, 0.15) is 0 Å². The highest BCUT2D eigenvalue weighted by Gasteiger charge is 2.54. The fraction of sp³-hybridized carbons (Fsp3) is 0.229. The van der Waals surface area contributed by atoms with Crippen LogP contribution in [0.15, 0.2) is 121 Å². The molecular formula is C35H34N2O5. The van der Waals surface area contributed by atoms with Crippen molar-refractivity contribution in [3.05, 3.63) is 144 Å². The van der Waals surface area contributed by atoms with Crippen molar-refractivity contribution in [2.24, 2.45) is 11.8 Å². The number of carbonyl (C=O) groups excluding carboxylic acids is 3. The quantitative estimate of drug-likeness (QED) is 0.275. The molecule has 0 aliphatic carbocycles. The van der Waals surface area contributed by atoms with Crippen LogP contribution < -0.4 is 0 Å². The molecule has 4 aromatic rings. The third kappa shape index (κ3) is 5.49. The van der Waals surface area contributed by atoms with Gasteiger partial charge >= 0.3 is 6.03 Å². The van der Waals surface area contributed by atoms with Gasteiger partial charge in [0.25, 0.3) is 0 Å². The van der Waals surface area contributed by atoms with E-state index in [4.69, 9.17) is 0 Å². The number of aliphatic hydroxyl groups is 2. The molecule has 7 nitrogen and oxygen atoms in total. The van der Waals surface area contributed by atoms with Crippen molar-refractivity contribution in [3.8, 4) is 0 Å². The molecule has 7 heteroatoms. The molecule has 0 saturated carbocycles. The lowest BCUT2D eigenvalue weighted by atomic mass is 9.90. The SMILES string of the molecule is CC(C(=O)N1C(=O)N(C(=O)[C@H](C)C(O)c2ccccc2)[C@H](c2ccccc2)[C@H]1c1ccccc1)[C@@H](O)c1ccccc1. The van der Waals surface area contributed by atoms with Gasteiger partial charge in [0.05, 0.1) is 36.1 Å². The zero-order valence-electron chi connectivity index (χ0n) is 23.5. The Balaban J connectivity index is 1.60.